The Hall–Kier alpha value is -2.28. The fraction of sp³-hybridized carbons (Fsp3) is 0.412. The second-order valence-electron chi connectivity index (χ2n) is 5.35. The Bertz CT molecular complexity index is 575. The Balaban J connectivity index is 1.98. The second-order valence-corrected chi connectivity index (χ2v) is 5.35. The van der Waals surface area contributed by atoms with Crippen molar-refractivity contribution in [1.82, 2.24) is 4.90 Å². The summed E-state index contributed by atoms with van der Waals surface area (Å²) in [7, 11) is 0. The zero-order chi connectivity index (χ0) is 15.3. The van der Waals surface area contributed by atoms with Crippen molar-refractivity contribution in [2.75, 3.05) is 13.1 Å². The SMILES string of the molecule is CCC1(C(=O)O)CCN(C(=O)C#Cc2ccccc2)CC1. The minimum Gasteiger partial charge on any atom is -0.481 e. The smallest absolute Gasteiger partial charge is 0.309 e. The predicted molar refractivity (Wildman–Crippen MR) is 79.5 cm³/mol. The van der Waals surface area contributed by atoms with E-state index in [4.69, 9.17) is 0 Å². The summed E-state index contributed by atoms with van der Waals surface area (Å²) < 4.78 is 0. The van der Waals surface area contributed by atoms with E-state index in [0.29, 0.717) is 32.4 Å². The van der Waals surface area contributed by atoms with Crippen LogP contribution < -0.4 is 0 Å². The van der Waals surface area contributed by atoms with Crippen molar-refractivity contribution in [3.05, 3.63) is 35.9 Å². The van der Waals surface area contributed by atoms with Crippen LogP contribution in [0.25, 0.3) is 0 Å². The standard InChI is InChI=1S/C17H19NO3/c1-2-17(16(20)21)10-12-18(13-11-17)15(19)9-8-14-6-4-3-5-7-14/h3-7H,2,10-13H2,1H3,(H,20,21). The van der Waals surface area contributed by atoms with E-state index in [1.165, 1.54) is 0 Å². The van der Waals surface area contributed by atoms with Gasteiger partial charge in [0.25, 0.3) is 5.91 Å². The van der Waals surface area contributed by atoms with Crippen molar-refractivity contribution in [3.63, 3.8) is 0 Å². The van der Waals surface area contributed by atoms with Crippen LogP contribution in [0, 0.1) is 17.3 Å². The molecule has 110 valence electrons. The minimum atomic E-state index is -0.757. The van der Waals surface area contributed by atoms with Crippen LogP contribution in [-0.4, -0.2) is 35.0 Å². The lowest BCUT2D eigenvalue weighted by Crippen LogP contribution is -2.46. The van der Waals surface area contributed by atoms with E-state index in [2.05, 4.69) is 11.8 Å². The Kier molecular flexibility index (Phi) is 4.64. The molecule has 1 aromatic carbocycles. The van der Waals surface area contributed by atoms with Gasteiger partial charge in [-0.1, -0.05) is 31.0 Å². The number of hydrogen-bond donors (Lipinski definition) is 1. The van der Waals surface area contributed by atoms with Gasteiger partial charge in [0.1, 0.15) is 0 Å². The van der Waals surface area contributed by atoms with Gasteiger partial charge < -0.3 is 10.0 Å². The topological polar surface area (TPSA) is 57.6 Å². The fourth-order valence-corrected chi connectivity index (χ4v) is 2.58. The van der Waals surface area contributed by atoms with Crippen LogP contribution in [0.1, 0.15) is 31.7 Å². The number of amides is 1. The molecule has 4 nitrogen and oxygen atoms in total. The van der Waals surface area contributed by atoms with Gasteiger partial charge in [-0.2, -0.15) is 0 Å². The number of nitrogens with zero attached hydrogens (tertiary/aromatic N) is 1. The molecule has 0 aliphatic carbocycles. The number of carboxylic acids is 1. The van der Waals surface area contributed by atoms with Crippen molar-refractivity contribution >= 4 is 11.9 Å². The number of hydrogen-bond acceptors (Lipinski definition) is 2. The lowest BCUT2D eigenvalue weighted by atomic mass is 9.76. The maximum Gasteiger partial charge on any atom is 0.309 e. The summed E-state index contributed by atoms with van der Waals surface area (Å²) in [4.78, 5) is 25.1. The molecule has 0 atom stereocenters. The molecule has 1 saturated heterocycles. The zero-order valence-corrected chi connectivity index (χ0v) is 12.1. The molecular weight excluding hydrogens is 266 g/mol. The van der Waals surface area contributed by atoms with Crippen molar-refractivity contribution < 1.29 is 14.7 Å². The Morgan fingerprint density at radius 3 is 2.38 bits per heavy atom. The number of rotatable bonds is 2. The van der Waals surface area contributed by atoms with Crippen molar-refractivity contribution in [1.29, 1.82) is 0 Å². The maximum atomic E-state index is 12.0. The molecule has 0 saturated carbocycles. The highest BCUT2D eigenvalue weighted by atomic mass is 16.4. The number of likely N-dealkylation sites (tertiary alicyclic amines) is 1. The van der Waals surface area contributed by atoms with Gasteiger partial charge in [-0.25, -0.2) is 0 Å². The number of benzene rings is 1. The van der Waals surface area contributed by atoms with E-state index in [-0.39, 0.29) is 5.91 Å². The van der Waals surface area contributed by atoms with E-state index >= 15 is 0 Å². The number of aliphatic carboxylic acids is 1. The molecule has 0 bridgehead atoms. The van der Waals surface area contributed by atoms with Gasteiger partial charge in [0.05, 0.1) is 5.41 Å². The fourth-order valence-electron chi connectivity index (χ4n) is 2.58. The highest BCUT2D eigenvalue weighted by Crippen LogP contribution is 2.35. The van der Waals surface area contributed by atoms with E-state index in [0.717, 1.165) is 5.56 Å². The van der Waals surface area contributed by atoms with Crippen LogP contribution in [0.4, 0.5) is 0 Å². The molecule has 1 aromatic rings. The minimum absolute atomic E-state index is 0.228. The Morgan fingerprint density at radius 1 is 1.24 bits per heavy atom. The first kappa shape index (κ1) is 15.1. The molecule has 21 heavy (non-hydrogen) atoms. The average molecular weight is 285 g/mol. The molecule has 1 aliphatic heterocycles. The summed E-state index contributed by atoms with van der Waals surface area (Å²) in [5, 5.41) is 9.33. The predicted octanol–water partition coefficient (Wildman–Crippen LogP) is 2.14. The number of carbonyl (C=O) groups excluding carboxylic acids is 1. The molecular formula is C17H19NO3. The van der Waals surface area contributed by atoms with Crippen LogP contribution in [0.15, 0.2) is 30.3 Å². The first-order valence-electron chi connectivity index (χ1n) is 7.17. The third-order valence-corrected chi connectivity index (χ3v) is 4.23. The van der Waals surface area contributed by atoms with Gasteiger partial charge in [-0.05, 0) is 31.4 Å². The molecule has 1 N–H and O–H groups in total. The zero-order valence-electron chi connectivity index (χ0n) is 12.1. The molecule has 1 amide bonds. The summed E-state index contributed by atoms with van der Waals surface area (Å²) in [6.07, 6.45) is 1.59. The first-order valence-corrected chi connectivity index (χ1v) is 7.17. The van der Waals surface area contributed by atoms with Gasteiger partial charge in [-0.3, -0.25) is 9.59 Å². The van der Waals surface area contributed by atoms with Crippen LogP contribution in [0.2, 0.25) is 0 Å². The van der Waals surface area contributed by atoms with Crippen LogP contribution in [0.5, 0.6) is 0 Å². The average Bonchev–Trinajstić information content (AvgIpc) is 2.53. The van der Waals surface area contributed by atoms with E-state index in [1.54, 1.807) is 4.90 Å². The van der Waals surface area contributed by atoms with E-state index in [1.807, 2.05) is 37.3 Å². The maximum absolute atomic E-state index is 12.0. The summed E-state index contributed by atoms with van der Waals surface area (Å²) in [6.45, 7) is 2.81. The monoisotopic (exact) mass is 285 g/mol. The molecule has 4 heteroatoms. The molecule has 1 heterocycles. The Morgan fingerprint density at radius 2 is 1.86 bits per heavy atom. The lowest BCUT2D eigenvalue weighted by Gasteiger charge is -2.37. The van der Waals surface area contributed by atoms with Crippen molar-refractivity contribution in [3.8, 4) is 11.8 Å². The molecule has 0 unspecified atom stereocenters. The van der Waals surface area contributed by atoms with Gasteiger partial charge in [0, 0.05) is 24.6 Å². The molecule has 2 rings (SSSR count). The van der Waals surface area contributed by atoms with Crippen molar-refractivity contribution in [2.24, 2.45) is 5.41 Å². The molecule has 0 radical (unpaired) electrons. The molecule has 0 spiro atoms. The third kappa shape index (κ3) is 3.43. The number of piperidine rings is 1. The molecule has 1 fully saturated rings. The summed E-state index contributed by atoms with van der Waals surface area (Å²) in [6, 6.07) is 9.34. The van der Waals surface area contributed by atoms with Gasteiger partial charge in [0.2, 0.25) is 0 Å². The first-order chi connectivity index (χ1) is 10.1. The summed E-state index contributed by atoms with van der Waals surface area (Å²) in [5.41, 5.74) is 0.125. The van der Waals surface area contributed by atoms with Crippen molar-refractivity contribution in [2.45, 2.75) is 26.2 Å². The highest BCUT2D eigenvalue weighted by Gasteiger charge is 2.40. The van der Waals surface area contributed by atoms with Crippen LogP contribution in [-0.2, 0) is 9.59 Å². The molecule has 1 aliphatic rings. The largest absolute Gasteiger partial charge is 0.481 e. The Labute approximate surface area is 124 Å². The summed E-state index contributed by atoms with van der Waals surface area (Å²) in [5.74, 6) is 4.49. The molecule has 0 aromatic heterocycles. The normalized spacial score (nSPS) is 16.7. The van der Waals surface area contributed by atoms with E-state index < -0.39 is 11.4 Å². The van der Waals surface area contributed by atoms with Crippen LogP contribution >= 0.6 is 0 Å². The van der Waals surface area contributed by atoms with Crippen LogP contribution in [0.3, 0.4) is 0 Å². The highest BCUT2D eigenvalue weighted by molar-refractivity contribution is 5.94. The summed E-state index contributed by atoms with van der Waals surface area (Å²) >= 11 is 0. The van der Waals surface area contributed by atoms with Gasteiger partial charge in [0.15, 0.2) is 0 Å². The third-order valence-electron chi connectivity index (χ3n) is 4.23. The van der Waals surface area contributed by atoms with E-state index in [9.17, 15) is 14.7 Å². The van der Waals surface area contributed by atoms with Gasteiger partial charge in [-0.15, -0.1) is 0 Å². The number of carbonyl (C=O) groups is 2. The number of carboxylic acid groups (broad SMARTS) is 1. The van der Waals surface area contributed by atoms with Gasteiger partial charge >= 0.3 is 5.97 Å². The lowest BCUT2D eigenvalue weighted by molar-refractivity contribution is -0.153. The second kappa shape index (κ2) is 6.45. The quantitative estimate of drug-likeness (QED) is 0.847.